The lowest BCUT2D eigenvalue weighted by Gasteiger charge is -2.17. The highest BCUT2D eigenvalue weighted by Gasteiger charge is 2.19. The molecule has 0 amide bonds. The van der Waals surface area contributed by atoms with E-state index in [1.165, 1.54) is 32.1 Å². The van der Waals surface area contributed by atoms with Gasteiger partial charge in [0.15, 0.2) is 6.10 Å². The van der Waals surface area contributed by atoms with Gasteiger partial charge in [-0.15, -0.1) is 0 Å². The average molecular weight is 827 g/mol. The van der Waals surface area contributed by atoms with Gasteiger partial charge in [0.1, 0.15) is 13.2 Å². The van der Waals surface area contributed by atoms with Crippen LogP contribution < -0.4 is 0 Å². The van der Waals surface area contributed by atoms with Gasteiger partial charge in [-0.05, 0) is 96.3 Å². The Labute approximate surface area is 366 Å². The van der Waals surface area contributed by atoms with Gasteiger partial charge in [0.05, 0.1) is 12.8 Å². The zero-order valence-electron chi connectivity index (χ0n) is 37.9. The van der Waals surface area contributed by atoms with Gasteiger partial charge in [0, 0.05) is 6.42 Å². The van der Waals surface area contributed by atoms with Crippen LogP contribution in [-0.2, 0) is 28.6 Å². The highest BCUT2D eigenvalue weighted by atomic mass is 16.6. The molecule has 6 heteroatoms. The summed E-state index contributed by atoms with van der Waals surface area (Å²) in [6.07, 6.45) is 66.2. The van der Waals surface area contributed by atoms with Crippen LogP contribution in [0.5, 0.6) is 0 Å². The van der Waals surface area contributed by atoms with Crippen molar-refractivity contribution in [3.8, 4) is 0 Å². The fraction of sp³-hybridized carbons (Fsp3) is 0.537. The third-order valence-electron chi connectivity index (χ3n) is 8.94. The third-order valence-corrected chi connectivity index (χ3v) is 8.94. The van der Waals surface area contributed by atoms with E-state index in [-0.39, 0.29) is 32.0 Å². The number of ether oxygens (including phenoxy) is 3. The fourth-order valence-electron chi connectivity index (χ4n) is 5.52. The van der Waals surface area contributed by atoms with Crippen LogP contribution in [0.15, 0.2) is 134 Å². The van der Waals surface area contributed by atoms with Crippen LogP contribution in [0.1, 0.15) is 168 Å². The molecule has 0 aromatic heterocycles. The highest BCUT2D eigenvalue weighted by molar-refractivity contribution is 5.72. The molecule has 1 unspecified atom stereocenters. The largest absolute Gasteiger partial charge is 0.462 e. The maximum absolute atomic E-state index is 12.7. The first-order valence-corrected chi connectivity index (χ1v) is 23.2. The van der Waals surface area contributed by atoms with Gasteiger partial charge in [0.2, 0.25) is 0 Å². The number of hydrogen-bond acceptors (Lipinski definition) is 6. The second-order valence-electron chi connectivity index (χ2n) is 14.6. The predicted molar refractivity (Wildman–Crippen MR) is 256 cm³/mol. The van der Waals surface area contributed by atoms with E-state index < -0.39 is 18.0 Å². The van der Waals surface area contributed by atoms with Crippen LogP contribution in [0, 0.1) is 0 Å². The second-order valence-corrected chi connectivity index (χ2v) is 14.6. The Morgan fingerprint density at radius 2 is 0.717 bits per heavy atom. The van der Waals surface area contributed by atoms with E-state index in [1.807, 2.05) is 12.2 Å². The van der Waals surface area contributed by atoms with Crippen molar-refractivity contribution in [2.75, 3.05) is 13.2 Å². The van der Waals surface area contributed by atoms with E-state index in [0.29, 0.717) is 19.3 Å². The molecular weight excluding hydrogens is 745 g/mol. The molecule has 0 bridgehead atoms. The van der Waals surface area contributed by atoms with E-state index in [9.17, 15) is 14.4 Å². The molecule has 0 radical (unpaired) electrons. The first kappa shape index (κ1) is 55.5. The monoisotopic (exact) mass is 827 g/mol. The molecule has 0 aliphatic heterocycles. The minimum atomic E-state index is -0.878. The van der Waals surface area contributed by atoms with Crippen molar-refractivity contribution in [3.05, 3.63) is 134 Å². The normalized spacial score (nSPS) is 13.3. The summed E-state index contributed by atoms with van der Waals surface area (Å²) in [4.78, 5) is 37.7. The van der Waals surface area contributed by atoms with Crippen LogP contribution in [0.3, 0.4) is 0 Å². The Kier molecular flexibility index (Phi) is 43.7. The molecule has 0 aromatic rings. The van der Waals surface area contributed by atoms with Gasteiger partial charge < -0.3 is 14.2 Å². The molecule has 60 heavy (non-hydrogen) atoms. The summed E-state index contributed by atoms with van der Waals surface area (Å²) in [6, 6.07) is 0. The van der Waals surface area contributed by atoms with Gasteiger partial charge in [0.25, 0.3) is 0 Å². The number of unbranched alkanes of at least 4 members (excludes halogenated alkanes) is 8. The molecule has 0 fully saturated rings. The Hall–Kier alpha value is -4.45. The molecule has 0 spiro atoms. The summed E-state index contributed by atoms with van der Waals surface area (Å²) in [7, 11) is 0. The molecule has 0 saturated carbocycles. The molecule has 0 aliphatic rings. The summed E-state index contributed by atoms with van der Waals surface area (Å²) in [5.41, 5.74) is 0. The van der Waals surface area contributed by atoms with Crippen molar-refractivity contribution in [2.24, 2.45) is 0 Å². The van der Waals surface area contributed by atoms with Crippen LogP contribution >= 0.6 is 0 Å². The molecule has 0 saturated heterocycles. The number of hydrogen-bond donors (Lipinski definition) is 0. The summed E-state index contributed by atoms with van der Waals surface area (Å²) in [6.45, 7) is 6.16. The fourth-order valence-corrected chi connectivity index (χ4v) is 5.52. The summed E-state index contributed by atoms with van der Waals surface area (Å²) >= 11 is 0. The number of carbonyl (C=O) groups excluding carboxylic acids is 3. The van der Waals surface area contributed by atoms with Gasteiger partial charge in [-0.3, -0.25) is 14.4 Å². The van der Waals surface area contributed by atoms with Crippen molar-refractivity contribution in [1.29, 1.82) is 0 Å². The van der Waals surface area contributed by atoms with Crippen LogP contribution in [0.2, 0.25) is 0 Å². The predicted octanol–water partition coefficient (Wildman–Crippen LogP) is 15.1. The molecule has 1 atom stereocenters. The first-order chi connectivity index (χ1) is 29.5. The van der Waals surface area contributed by atoms with Crippen molar-refractivity contribution in [1.82, 2.24) is 0 Å². The number of rotatable bonds is 39. The Morgan fingerprint density at radius 3 is 1.15 bits per heavy atom. The van der Waals surface area contributed by atoms with E-state index in [2.05, 4.69) is 130 Å². The van der Waals surface area contributed by atoms with Crippen molar-refractivity contribution in [3.63, 3.8) is 0 Å². The molecule has 0 aliphatic carbocycles. The minimum Gasteiger partial charge on any atom is -0.462 e. The van der Waals surface area contributed by atoms with Crippen LogP contribution in [-0.4, -0.2) is 37.2 Å². The molecule has 0 N–H and O–H groups in total. The summed E-state index contributed by atoms with van der Waals surface area (Å²) < 4.78 is 16.5. The van der Waals surface area contributed by atoms with Crippen LogP contribution in [0.4, 0.5) is 0 Å². The van der Waals surface area contributed by atoms with Crippen LogP contribution in [0.25, 0.3) is 0 Å². The molecule has 334 valence electrons. The van der Waals surface area contributed by atoms with Gasteiger partial charge >= 0.3 is 17.9 Å². The third kappa shape index (κ3) is 44.6. The molecule has 0 heterocycles. The summed E-state index contributed by atoms with van der Waals surface area (Å²) in [5, 5.41) is 0. The quantitative estimate of drug-likeness (QED) is 0.0266. The maximum atomic E-state index is 12.7. The lowest BCUT2D eigenvalue weighted by molar-refractivity contribution is -0.166. The molecule has 0 aromatic carbocycles. The number of allylic oxidation sites excluding steroid dienone is 20. The lowest BCUT2D eigenvalue weighted by atomic mass is 10.1. The van der Waals surface area contributed by atoms with Crippen molar-refractivity contribution < 1.29 is 28.6 Å². The Bertz CT molecular complexity index is 1370. The Morgan fingerprint density at radius 1 is 0.367 bits per heavy atom. The lowest BCUT2D eigenvalue weighted by Crippen LogP contribution is -2.30. The van der Waals surface area contributed by atoms with E-state index >= 15 is 0 Å². The van der Waals surface area contributed by atoms with Gasteiger partial charge in [-0.2, -0.15) is 0 Å². The van der Waals surface area contributed by atoms with Crippen molar-refractivity contribution >= 4 is 17.9 Å². The topological polar surface area (TPSA) is 78.9 Å². The minimum absolute atomic E-state index is 0.0700. The second kappa shape index (κ2) is 47.2. The smallest absolute Gasteiger partial charge is 0.310 e. The average Bonchev–Trinajstić information content (AvgIpc) is 3.24. The molecule has 0 rings (SSSR count). The Balaban J connectivity index is 4.70. The zero-order chi connectivity index (χ0) is 43.7. The first-order valence-electron chi connectivity index (χ1n) is 23.2. The summed E-state index contributed by atoms with van der Waals surface area (Å²) in [5.74, 6) is -1.25. The standard InChI is InChI=1S/C54H82O6/c1-4-7-10-13-16-19-22-25-27-29-32-35-38-41-44-47-53(56)59-50-51(49-58-52(55)46-43-40-37-34-31-24-21-18-15-12-9-6-3)60-54(57)48-45-42-39-36-33-30-28-26-23-20-17-14-11-8-5-2/h7-8,10-11,16-21,25-28,32-33,35-36,41-42,44-45,51H,4-6,9,12-15,22-24,29-31,34,37-40,43,46-50H2,1-3H3/b10-7-,11-8-,19-16-,20-17-,21-18-,27-25-,28-26-,35-32-,36-33-,44-41-,45-42-. The van der Waals surface area contributed by atoms with E-state index in [0.717, 1.165) is 83.5 Å². The van der Waals surface area contributed by atoms with Gasteiger partial charge in [-0.25, -0.2) is 0 Å². The van der Waals surface area contributed by atoms with E-state index in [1.54, 1.807) is 12.2 Å². The molecular formula is C54H82O6. The number of carbonyl (C=O) groups is 3. The highest BCUT2D eigenvalue weighted by Crippen LogP contribution is 2.10. The zero-order valence-corrected chi connectivity index (χ0v) is 37.9. The van der Waals surface area contributed by atoms with Gasteiger partial charge in [-0.1, -0.05) is 187 Å². The van der Waals surface area contributed by atoms with Crippen molar-refractivity contribution in [2.45, 2.75) is 175 Å². The number of esters is 3. The SMILES string of the molecule is CC/C=C\C/C=C\C/C=C\C/C=C\C/C=C\CC(=O)OCC(COC(=O)CCCCCCC/C=C\CCCCC)OC(=O)C/C=C\C/C=C\C/C=C\C/C=C\C/C=C\CC. The van der Waals surface area contributed by atoms with E-state index in [4.69, 9.17) is 14.2 Å². The maximum Gasteiger partial charge on any atom is 0.310 e. The molecule has 6 nitrogen and oxygen atoms in total.